The number of aromatic amines is 1. The zero-order valence-corrected chi connectivity index (χ0v) is 16.8. The third-order valence-corrected chi connectivity index (χ3v) is 7.52. The van der Waals surface area contributed by atoms with E-state index in [9.17, 15) is 4.79 Å². The molecule has 4 heteroatoms. The molecule has 4 aliphatic rings. The number of aromatic nitrogens is 1. The van der Waals surface area contributed by atoms with Gasteiger partial charge >= 0.3 is 0 Å². The van der Waals surface area contributed by atoms with Crippen molar-refractivity contribution in [1.82, 2.24) is 14.8 Å². The van der Waals surface area contributed by atoms with E-state index in [0.717, 1.165) is 31.8 Å². The number of nitrogens with one attached hydrogen (secondary N) is 1. The second-order valence-electron chi connectivity index (χ2n) is 9.57. The Balaban J connectivity index is 1.43. The molecule has 2 aromatic rings. The molecule has 4 nitrogen and oxygen atoms in total. The zero-order valence-electron chi connectivity index (χ0n) is 16.8. The van der Waals surface area contributed by atoms with Crippen LogP contribution >= 0.6 is 0 Å². The second kappa shape index (κ2) is 5.96. The minimum absolute atomic E-state index is 0.00838. The van der Waals surface area contributed by atoms with Crippen LogP contribution < -0.4 is 0 Å². The lowest BCUT2D eigenvalue weighted by Crippen LogP contribution is -2.59. The van der Waals surface area contributed by atoms with E-state index >= 15 is 0 Å². The normalized spacial score (nSPS) is 32.1. The Kier molecular flexibility index (Phi) is 3.59. The van der Waals surface area contributed by atoms with E-state index in [0.29, 0.717) is 24.0 Å². The number of H-pyrrole nitrogens is 1. The van der Waals surface area contributed by atoms with Crippen molar-refractivity contribution in [2.75, 3.05) is 13.1 Å². The smallest absolute Gasteiger partial charge is 0.231 e. The maximum atomic E-state index is 13.4. The fraction of sp³-hybridized carbons (Fsp3) is 0.542. The highest BCUT2D eigenvalue weighted by atomic mass is 16.2. The van der Waals surface area contributed by atoms with E-state index < -0.39 is 0 Å². The number of amides is 1. The van der Waals surface area contributed by atoms with Gasteiger partial charge < -0.3 is 9.88 Å². The van der Waals surface area contributed by atoms with Gasteiger partial charge in [0.2, 0.25) is 5.91 Å². The average molecular weight is 376 g/mol. The summed E-state index contributed by atoms with van der Waals surface area (Å²) in [6, 6.07) is 7.78. The molecule has 146 valence electrons. The van der Waals surface area contributed by atoms with E-state index in [2.05, 4.69) is 59.1 Å². The average Bonchev–Trinajstić information content (AvgIpc) is 3.40. The molecule has 0 spiro atoms. The first-order valence-corrected chi connectivity index (χ1v) is 11.0. The maximum absolute atomic E-state index is 13.4. The van der Waals surface area contributed by atoms with Gasteiger partial charge in [0.05, 0.1) is 5.92 Å². The molecular formula is C24H29N3O. The van der Waals surface area contributed by atoms with Crippen LogP contribution in [-0.4, -0.2) is 51.9 Å². The molecule has 2 unspecified atom stereocenters. The molecule has 4 atom stereocenters. The summed E-state index contributed by atoms with van der Waals surface area (Å²) in [7, 11) is 0. The topological polar surface area (TPSA) is 39.3 Å². The molecular weight excluding hydrogens is 346 g/mol. The first kappa shape index (κ1) is 16.8. The van der Waals surface area contributed by atoms with Crippen molar-refractivity contribution >= 4 is 22.4 Å². The molecule has 6 rings (SSSR count). The van der Waals surface area contributed by atoms with Crippen LogP contribution in [-0.2, 0) is 11.2 Å². The predicted octanol–water partition coefficient (Wildman–Crippen LogP) is 3.83. The molecule has 1 amide bonds. The van der Waals surface area contributed by atoms with Crippen LogP contribution in [0.4, 0.5) is 0 Å². The molecule has 28 heavy (non-hydrogen) atoms. The van der Waals surface area contributed by atoms with Crippen molar-refractivity contribution in [3.05, 3.63) is 41.6 Å². The van der Waals surface area contributed by atoms with Crippen LogP contribution in [0.2, 0.25) is 0 Å². The number of hydrogen-bond acceptors (Lipinski definition) is 2. The van der Waals surface area contributed by atoms with Gasteiger partial charge in [-0.25, -0.2) is 0 Å². The number of carbonyl (C=O) groups is 1. The Morgan fingerprint density at radius 2 is 2.04 bits per heavy atom. The van der Waals surface area contributed by atoms with Crippen LogP contribution in [0, 0.1) is 11.8 Å². The van der Waals surface area contributed by atoms with Crippen molar-refractivity contribution in [1.29, 1.82) is 0 Å². The Labute approximate surface area is 166 Å². The van der Waals surface area contributed by atoms with Gasteiger partial charge in [0.25, 0.3) is 0 Å². The van der Waals surface area contributed by atoms with Crippen molar-refractivity contribution in [2.45, 2.75) is 57.7 Å². The summed E-state index contributed by atoms with van der Waals surface area (Å²) in [5, 5.41) is 1.37. The van der Waals surface area contributed by atoms with Crippen molar-refractivity contribution in [3.63, 3.8) is 0 Å². The molecule has 2 aliphatic carbocycles. The lowest BCUT2D eigenvalue weighted by molar-refractivity contribution is -0.146. The number of benzene rings is 1. The third kappa shape index (κ3) is 2.43. The van der Waals surface area contributed by atoms with Gasteiger partial charge in [0.15, 0.2) is 0 Å². The van der Waals surface area contributed by atoms with Gasteiger partial charge in [-0.15, -0.1) is 0 Å². The molecule has 1 aromatic carbocycles. The summed E-state index contributed by atoms with van der Waals surface area (Å²) in [6.07, 6.45) is 9.43. The van der Waals surface area contributed by atoms with Crippen LogP contribution in [0.3, 0.4) is 0 Å². The number of likely N-dealkylation sites (tertiary alicyclic amines) is 1. The van der Waals surface area contributed by atoms with Gasteiger partial charge in [-0.05, 0) is 68.2 Å². The van der Waals surface area contributed by atoms with Crippen LogP contribution in [0.1, 0.15) is 44.2 Å². The van der Waals surface area contributed by atoms with Crippen molar-refractivity contribution in [2.24, 2.45) is 11.8 Å². The number of carbonyl (C=O) groups excluding carboxylic acids is 1. The quantitative estimate of drug-likeness (QED) is 0.886. The number of hydrogen-bond donors (Lipinski definition) is 1. The SMILES string of the molecule is CC1CC(C)N1C(=O)[C@@H]1C=C2c3cccc4[nH]cc(c34)C[C@H]2N(CC2CC2)C1. The summed E-state index contributed by atoms with van der Waals surface area (Å²) in [4.78, 5) is 21.6. The Morgan fingerprint density at radius 1 is 1.21 bits per heavy atom. The molecule has 1 N–H and O–H groups in total. The van der Waals surface area contributed by atoms with E-state index in [1.54, 1.807) is 0 Å². The first-order chi connectivity index (χ1) is 13.6. The standard InChI is InChI=1S/C24H29N3O/c1-14-8-15(2)27(14)24(28)18-9-20-19-4-3-5-21-23(19)17(11-25-21)10-22(20)26(13-18)12-16-6-7-16/h3-5,9,11,14-16,18,22,25H,6-8,10,12-13H2,1-2H3/t14?,15?,18-,22-/m1/s1. The molecule has 3 heterocycles. The van der Waals surface area contributed by atoms with Gasteiger partial charge in [-0.3, -0.25) is 9.69 Å². The second-order valence-corrected chi connectivity index (χ2v) is 9.57. The Morgan fingerprint density at radius 3 is 2.79 bits per heavy atom. The minimum Gasteiger partial charge on any atom is -0.361 e. The molecule has 1 aromatic heterocycles. The summed E-state index contributed by atoms with van der Waals surface area (Å²) >= 11 is 0. The van der Waals surface area contributed by atoms with Crippen LogP contribution in [0.5, 0.6) is 0 Å². The van der Waals surface area contributed by atoms with E-state index in [1.807, 2.05) is 0 Å². The van der Waals surface area contributed by atoms with Gasteiger partial charge in [-0.2, -0.15) is 0 Å². The molecule has 2 aliphatic heterocycles. The van der Waals surface area contributed by atoms with Gasteiger partial charge in [-0.1, -0.05) is 18.2 Å². The van der Waals surface area contributed by atoms with E-state index in [4.69, 9.17) is 0 Å². The van der Waals surface area contributed by atoms with Crippen molar-refractivity contribution in [3.8, 4) is 0 Å². The fourth-order valence-electron chi connectivity index (χ4n) is 5.96. The highest BCUT2D eigenvalue weighted by Gasteiger charge is 2.43. The number of fused-ring (bicyclic) bond motifs is 2. The Hall–Kier alpha value is -2.07. The fourth-order valence-corrected chi connectivity index (χ4v) is 5.96. The molecule has 0 radical (unpaired) electrons. The highest BCUT2D eigenvalue weighted by Crippen LogP contribution is 2.43. The third-order valence-electron chi connectivity index (χ3n) is 7.52. The summed E-state index contributed by atoms with van der Waals surface area (Å²) in [6.45, 7) is 6.40. The molecule has 1 saturated carbocycles. The molecule has 1 saturated heterocycles. The lowest BCUT2D eigenvalue weighted by atomic mass is 9.79. The van der Waals surface area contributed by atoms with Gasteiger partial charge in [0, 0.05) is 48.3 Å². The molecule has 0 bridgehead atoms. The number of nitrogens with zero attached hydrogens (tertiary/aromatic N) is 2. The predicted molar refractivity (Wildman–Crippen MR) is 112 cm³/mol. The minimum atomic E-state index is -0.00838. The zero-order chi connectivity index (χ0) is 19.0. The highest BCUT2D eigenvalue weighted by molar-refractivity contribution is 5.99. The number of rotatable bonds is 3. The summed E-state index contributed by atoms with van der Waals surface area (Å²) in [5.74, 6) is 1.16. The van der Waals surface area contributed by atoms with E-state index in [1.165, 1.54) is 40.4 Å². The largest absolute Gasteiger partial charge is 0.361 e. The lowest BCUT2D eigenvalue weighted by Gasteiger charge is -2.49. The maximum Gasteiger partial charge on any atom is 0.231 e. The first-order valence-electron chi connectivity index (χ1n) is 11.0. The van der Waals surface area contributed by atoms with Gasteiger partial charge in [0.1, 0.15) is 0 Å². The summed E-state index contributed by atoms with van der Waals surface area (Å²) < 4.78 is 0. The van der Waals surface area contributed by atoms with E-state index in [-0.39, 0.29) is 5.92 Å². The van der Waals surface area contributed by atoms with Crippen molar-refractivity contribution < 1.29 is 4.79 Å². The monoisotopic (exact) mass is 375 g/mol. The molecule has 2 fully saturated rings. The van der Waals surface area contributed by atoms with Crippen LogP contribution in [0.25, 0.3) is 16.5 Å². The Bertz CT molecular complexity index is 977. The van der Waals surface area contributed by atoms with Crippen LogP contribution in [0.15, 0.2) is 30.5 Å². The summed E-state index contributed by atoms with van der Waals surface area (Å²) in [5.41, 5.74) is 5.39.